The van der Waals surface area contributed by atoms with Crippen molar-refractivity contribution < 1.29 is 14.3 Å². The summed E-state index contributed by atoms with van der Waals surface area (Å²) in [7, 11) is 1.31. The summed E-state index contributed by atoms with van der Waals surface area (Å²) in [6.45, 7) is 4.25. The number of halogens is 1. The molecule has 0 aliphatic carbocycles. The molecule has 0 N–H and O–H groups in total. The highest BCUT2D eigenvalue weighted by Crippen LogP contribution is 2.34. The minimum absolute atomic E-state index is 0.249. The van der Waals surface area contributed by atoms with Gasteiger partial charge in [0.05, 0.1) is 29.5 Å². The van der Waals surface area contributed by atoms with Crippen molar-refractivity contribution in [1.29, 1.82) is 0 Å². The molecule has 0 bridgehead atoms. The Hall–Kier alpha value is -3.16. The lowest BCUT2D eigenvalue weighted by atomic mass is 9.96. The Kier molecular flexibility index (Phi) is 6.30. The molecule has 0 amide bonds. The summed E-state index contributed by atoms with van der Waals surface area (Å²) >= 11 is 7.75. The monoisotopic (exact) mass is 468 g/mol. The Labute approximate surface area is 193 Å². The normalized spacial score (nSPS) is 15.9. The van der Waals surface area contributed by atoms with Crippen LogP contribution < -0.4 is 19.6 Å². The largest absolute Gasteiger partial charge is 0.494 e. The minimum Gasteiger partial charge on any atom is -0.494 e. The Bertz CT molecular complexity index is 1390. The maximum atomic E-state index is 13.5. The first-order valence-electron chi connectivity index (χ1n) is 10.0. The first-order chi connectivity index (χ1) is 15.4. The number of thiazole rings is 1. The molecular formula is C24H21ClN2O4S. The van der Waals surface area contributed by atoms with Gasteiger partial charge in [-0.15, -0.1) is 0 Å². The predicted octanol–water partition coefficient (Wildman–Crippen LogP) is 3.46. The van der Waals surface area contributed by atoms with Crippen LogP contribution in [-0.2, 0) is 9.53 Å². The number of carbonyl (C=O) groups excluding carboxylic acids is 1. The second-order valence-electron chi connectivity index (χ2n) is 7.10. The molecule has 32 heavy (non-hydrogen) atoms. The maximum Gasteiger partial charge on any atom is 0.338 e. The maximum absolute atomic E-state index is 13.5. The molecule has 6 nitrogen and oxygen atoms in total. The lowest BCUT2D eigenvalue weighted by molar-refractivity contribution is -0.136. The molecule has 0 saturated carbocycles. The van der Waals surface area contributed by atoms with Crippen molar-refractivity contribution in [3.8, 4) is 5.75 Å². The van der Waals surface area contributed by atoms with Crippen LogP contribution in [0.5, 0.6) is 5.75 Å². The molecule has 0 spiro atoms. The van der Waals surface area contributed by atoms with Crippen molar-refractivity contribution in [1.82, 2.24) is 4.57 Å². The Morgan fingerprint density at radius 3 is 2.59 bits per heavy atom. The zero-order chi connectivity index (χ0) is 22.8. The quantitative estimate of drug-likeness (QED) is 0.538. The summed E-state index contributed by atoms with van der Waals surface area (Å²) < 4.78 is 12.5. The van der Waals surface area contributed by atoms with Crippen LogP contribution in [0.1, 0.15) is 31.0 Å². The number of rotatable bonds is 5. The average Bonchev–Trinajstić information content (AvgIpc) is 3.09. The van der Waals surface area contributed by atoms with Crippen LogP contribution in [0.4, 0.5) is 0 Å². The molecule has 4 rings (SSSR count). The van der Waals surface area contributed by atoms with E-state index in [1.807, 2.05) is 37.3 Å². The fraction of sp³-hybridized carbons (Fsp3) is 0.208. The molecule has 2 heterocycles. The minimum atomic E-state index is -0.727. The highest BCUT2D eigenvalue weighted by molar-refractivity contribution is 7.07. The van der Waals surface area contributed by atoms with Gasteiger partial charge in [-0.1, -0.05) is 53.3 Å². The van der Waals surface area contributed by atoms with Gasteiger partial charge in [0.1, 0.15) is 11.8 Å². The second kappa shape index (κ2) is 9.14. The lowest BCUT2D eigenvalue weighted by Gasteiger charge is -2.25. The first kappa shape index (κ1) is 22.0. The van der Waals surface area contributed by atoms with E-state index >= 15 is 0 Å². The summed E-state index contributed by atoms with van der Waals surface area (Å²) in [6.07, 6.45) is 1.81. The number of benzene rings is 2. The summed E-state index contributed by atoms with van der Waals surface area (Å²) in [5, 5.41) is 0.453. The number of allylic oxidation sites excluding steroid dienone is 1. The molecule has 1 unspecified atom stereocenters. The molecule has 3 aromatic rings. The number of methoxy groups -OCH3 is 1. The Balaban J connectivity index is 1.91. The van der Waals surface area contributed by atoms with Gasteiger partial charge in [-0.05, 0) is 49.2 Å². The van der Waals surface area contributed by atoms with E-state index in [2.05, 4.69) is 4.99 Å². The third-order valence-electron chi connectivity index (χ3n) is 5.12. The molecule has 2 aromatic carbocycles. The molecule has 1 atom stereocenters. The molecule has 8 heteroatoms. The predicted molar refractivity (Wildman–Crippen MR) is 125 cm³/mol. The van der Waals surface area contributed by atoms with Crippen molar-refractivity contribution in [2.24, 2.45) is 4.99 Å². The SMILES string of the molecule is CCOc1ccc(C=c2sc3n(c2=O)C(c2ccccc2Cl)C(C(=O)OC)=C(C)N=3)cc1. The molecule has 0 radical (unpaired) electrons. The number of hydrogen-bond donors (Lipinski definition) is 0. The molecule has 0 saturated heterocycles. The summed E-state index contributed by atoms with van der Waals surface area (Å²) in [5.74, 6) is 0.222. The number of carbonyl (C=O) groups is 1. The molecular weight excluding hydrogens is 448 g/mol. The number of ether oxygens (including phenoxy) is 2. The summed E-state index contributed by atoms with van der Waals surface area (Å²) in [6, 6.07) is 13.9. The van der Waals surface area contributed by atoms with Crippen LogP contribution in [0.15, 0.2) is 69.6 Å². The number of esters is 1. The van der Waals surface area contributed by atoms with Crippen molar-refractivity contribution in [2.75, 3.05) is 13.7 Å². The van der Waals surface area contributed by atoms with Gasteiger partial charge >= 0.3 is 5.97 Å². The van der Waals surface area contributed by atoms with E-state index in [4.69, 9.17) is 21.1 Å². The average molecular weight is 469 g/mol. The van der Waals surface area contributed by atoms with Crippen LogP contribution in [-0.4, -0.2) is 24.3 Å². The van der Waals surface area contributed by atoms with Crippen LogP contribution in [0.2, 0.25) is 5.02 Å². The van der Waals surface area contributed by atoms with E-state index < -0.39 is 12.0 Å². The van der Waals surface area contributed by atoms with E-state index in [9.17, 15) is 9.59 Å². The summed E-state index contributed by atoms with van der Waals surface area (Å²) in [4.78, 5) is 31.2. The highest BCUT2D eigenvalue weighted by Gasteiger charge is 2.34. The van der Waals surface area contributed by atoms with Crippen LogP contribution >= 0.6 is 22.9 Å². The highest BCUT2D eigenvalue weighted by atomic mass is 35.5. The lowest BCUT2D eigenvalue weighted by Crippen LogP contribution is -2.39. The van der Waals surface area contributed by atoms with Crippen molar-refractivity contribution in [3.05, 3.63) is 95.6 Å². The van der Waals surface area contributed by atoms with Gasteiger partial charge in [-0.2, -0.15) is 0 Å². The van der Waals surface area contributed by atoms with Crippen molar-refractivity contribution >= 4 is 35.0 Å². The van der Waals surface area contributed by atoms with Crippen LogP contribution in [0.25, 0.3) is 6.08 Å². The molecule has 1 aliphatic rings. The molecule has 1 aromatic heterocycles. The Morgan fingerprint density at radius 2 is 1.94 bits per heavy atom. The van der Waals surface area contributed by atoms with Crippen molar-refractivity contribution in [2.45, 2.75) is 19.9 Å². The number of nitrogens with zero attached hydrogens (tertiary/aromatic N) is 2. The van der Waals surface area contributed by atoms with Gasteiger partial charge in [0, 0.05) is 5.02 Å². The van der Waals surface area contributed by atoms with E-state index in [1.165, 1.54) is 23.0 Å². The first-order valence-corrected chi connectivity index (χ1v) is 11.2. The van der Waals surface area contributed by atoms with E-state index in [0.29, 0.717) is 37.8 Å². The fourth-order valence-electron chi connectivity index (χ4n) is 3.66. The van der Waals surface area contributed by atoms with Gasteiger partial charge in [0.15, 0.2) is 4.80 Å². The van der Waals surface area contributed by atoms with Crippen molar-refractivity contribution in [3.63, 3.8) is 0 Å². The van der Waals surface area contributed by atoms with Gasteiger partial charge in [0.25, 0.3) is 5.56 Å². The van der Waals surface area contributed by atoms with Gasteiger partial charge in [0.2, 0.25) is 0 Å². The zero-order valence-corrected chi connectivity index (χ0v) is 19.4. The van der Waals surface area contributed by atoms with Crippen LogP contribution in [0.3, 0.4) is 0 Å². The van der Waals surface area contributed by atoms with E-state index in [0.717, 1.165) is 11.3 Å². The topological polar surface area (TPSA) is 69.9 Å². The van der Waals surface area contributed by atoms with E-state index in [-0.39, 0.29) is 5.56 Å². The number of fused-ring (bicyclic) bond motifs is 1. The van der Waals surface area contributed by atoms with Crippen LogP contribution in [0, 0.1) is 0 Å². The molecule has 164 valence electrons. The van der Waals surface area contributed by atoms with Gasteiger partial charge < -0.3 is 9.47 Å². The number of hydrogen-bond acceptors (Lipinski definition) is 6. The van der Waals surface area contributed by atoms with Gasteiger partial charge in [-0.25, -0.2) is 9.79 Å². The standard InChI is InChI=1S/C24H21ClN2O4S/c1-4-31-16-11-9-15(10-12-16)13-19-22(28)27-21(17-7-5-6-8-18(17)25)20(23(29)30-3)14(2)26-24(27)32-19/h5-13,21H,4H2,1-3H3. The van der Waals surface area contributed by atoms with Gasteiger partial charge in [-0.3, -0.25) is 9.36 Å². The third kappa shape index (κ3) is 4.01. The smallest absolute Gasteiger partial charge is 0.338 e. The zero-order valence-electron chi connectivity index (χ0n) is 17.8. The number of aromatic nitrogens is 1. The Morgan fingerprint density at radius 1 is 1.22 bits per heavy atom. The fourth-order valence-corrected chi connectivity index (χ4v) is 4.95. The van der Waals surface area contributed by atoms with E-state index in [1.54, 1.807) is 31.2 Å². The second-order valence-corrected chi connectivity index (χ2v) is 8.51. The third-order valence-corrected chi connectivity index (χ3v) is 6.44. The molecule has 0 fully saturated rings. The molecule has 1 aliphatic heterocycles. The summed E-state index contributed by atoms with van der Waals surface area (Å²) in [5.41, 5.74) is 2.03.